The second kappa shape index (κ2) is 7.23. The number of nitrogens with zero attached hydrogens (tertiary/aromatic N) is 5. The number of aromatic nitrogens is 4. The summed E-state index contributed by atoms with van der Waals surface area (Å²) in [7, 11) is 0. The van der Waals surface area contributed by atoms with Crippen LogP contribution in [0, 0.1) is 6.92 Å². The Labute approximate surface area is 152 Å². The number of fused-ring (bicyclic) bond motifs is 1. The van der Waals surface area contributed by atoms with Crippen molar-refractivity contribution >= 4 is 17.2 Å². The van der Waals surface area contributed by atoms with Gasteiger partial charge in [-0.1, -0.05) is 6.42 Å². The zero-order valence-corrected chi connectivity index (χ0v) is 15.6. The van der Waals surface area contributed by atoms with Crippen LogP contribution >= 0.6 is 11.3 Å². The molecule has 0 aromatic carbocycles. The summed E-state index contributed by atoms with van der Waals surface area (Å²) in [5, 5.41) is 11.9. The molecule has 0 radical (unpaired) electrons. The van der Waals surface area contributed by atoms with Gasteiger partial charge >= 0.3 is 0 Å². The first kappa shape index (κ1) is 16.7. The molecule has 4 heterocycles. The highest BCUT2D eigenvalue weighted by Gasteiger charge is 2.28. The predicted molar refractivity (Wildman–Crippen MR) is 96.7 cm³/mol. The van der Waals surface area contributed by atoms with Crippen LogP contribution in [-0.4, -0.2) is 43.6 Å². The average Bonchev–Trinajstić information content (AvgIpc) is 3.14. The van der Waals surface area contributed by atoms with Gasteiger partial charge in [-0.3, -0.25) is 4.79 Å². The van der Waals surface area contributed by atoms with Crippen LogP contribution in [0.3, 0.4) is 0 Å². The lowest BCUT2D eigenvalue weighted by molar-refractivity contribution is -0.131. The molecule has 1 fully saturated rings. The number of amides is 1. The van der Waals surface area contributed by atoms with Gasteiger partial charge in [0.05, 0.1) is 17.1 Å². The molecule has 0 atom stereocenters. The molecule has 2 aromatic rings. The Balaban J connectivity index is 1.37. The van der Waals surface area contributed by atoms with Gasteiger partial charge in [0.1, 0.15) is 11.6 Å². The molecule has 0 spiro atoms. The molecule has 6 nitrogen and oxygen atoms in total. The van der Waals surface area contributed by atoms with E-state index in [1.54, 1.807) is 11.3 Å². The monoisotopic (exact) mass is 359 g/mol. The summed E-state index contributed by atoms with van der Waals surface area (Å²) < 4.78 is 2.35. The normalized spacial score (nSPS) is 18.8. The van der Waals surface area contributed by atoms with Gasteiger partial charge in [0.2, 0.25) is 5.91 Å². The first-order chi connectivity index (χ1) is 12.2. The summed E-state index contributed by atoms with van der Waals surface area (Å²) in [6, 6.07) is 0. The lowest BCUT2D eigenvalue weighted by Gasteiger charge is -2.31. The smallest absolute Gasteiger partial charge is 0.228 e. The van der Waals surface area contributed by atoms with Crippen molar-refractivity contribution in [3.05, 3.63) is 27.7 Å². The molecule has 4 rings (SSSR count). The van der Waals surface area contributed by atoms with E-state index >= 15 is 0 Å². The molecule has 0 bridgehead atoms. The average molecular weight is 359 g/mol. The van der Waals surface area contributed by atoms with E-state index in [4.69, 9.17) is 0 Å². The van der Waals surface area contributed by atoms with Crippen molar-refractivity contribution < 1.29 is 4.79 Å². The maximum absolute atomic E-state index is 12.5. The highest BCUT2D eigenvalue weighted by molar-refractivity contribution is 7.09. The zero-order valence-electron chi connectivity index (χ0n) is 14.8. The number of rotatable bonds is 3. The van der Waals surface area contributed by atoms with Crippen molar-refractivity contribution in [2.45, 2.75) is 64.3 Å². The van der Waals surface area contributed by atoms with Gasteiger partial charge in [-0.15, -0.1) is 21.5 Å². The third kappa shape index (κ3) is 3.61. The van der Waals surface area contributed by atoms with E-state index < -0.39 is 0 Å². The van der Waals surface area contributed by atoms with Crippen LogP contribution in [0.5, 0.6) is 0 Å². The molecule has 0 aliphatic carbocycles. The minimum Gasteiger partial charge on any atom is -0.342 e. The van der Waals surface area contributed by atoms with Gasteiger partial charge in [0, 0.05) is 37.4 Å². The summed E-state index contributed by atoms with van der Waals surface area (Å²) in [5.74, 6) is 2.94. The van der Waals surface area contributed by atoms with Crippen molar-refractivity contribution in [1.82, 2.24) is 24.6 Å². The van der Waals surface area contributed by atoms with Gasteiger partial charge in [-0.25, -0.2) is 4.98 Å². The minimum absolute atomic E-state index is 0.198. The van der Waals surface area contributed by atoms with Crippen LogP contribution in [0.15, 0.2) is 5.38 Å². The van der Waals surface area contributed by atoms with Crippen LogP contribution in [-0.2, 0) is 24.2 Å². The highest BCUT2D eigenvalue weighted by atomic mass is 32.1. The third-order valence-electron chi connectivity index (χ3n) is 5.35. The molecule has 2 aliphatic heterocycles. The first-order valence-corrected chi connectivity index (χ1v) is 10.2. The van der Waals surface area contributed by atoms with Crippen molar-refractivity contribution in [3.63, 3.8) is 0 Å². The molecule has 25 heavy (non-hydrogen) atoms. The Kier molecular flexibility index (Phi) is 4.83. The van der Waals surface area contributed by atoms with E-state index in [0.29, 0.717) is 12.3 Å². The molecule has 0 N–H and O–H groups in total. The van der Waals surface area contributed by atoms with Crippen LogP contribution in [0.1, 0.15) is 60.4 Å². The molecule has 2 aliphatic rings. The molecule has 7 heteroatoms. The van der Waals surface area contributed by atoms with E-state index in [1.807, 2.05) is 17.2 Å². The number of thiazole rings is 1. The second-order valence-electron chi connectivity index (χ2n) is 7.13. The molecule has 0 saturated carbocycles. The highest BCUT2D eigenvalue weighted by Crippen LogP contribution is 2.29. The molecule has 0 unspecified atom stereocenters. The van der Waals surface area contributed by atoms with E-state index in [2.05, 4.69) is 19.7 Å². The quantitative estimate of drug-likeness (QED) is 0.845. The van der Waals surface area contributed by atoms with Gasteiger partial charge < -0.3 is 9.47 Å². The van der Waals surface area contributed by atoms with E-state index in [0.717, 1.165) is 61.2 Å². The van der Waals surface area contributed by atoms with Crippen LogP contribution in [0.2, 0.25) is 0 Å². The molecular weight excluding hydrogens is 334 g/mol. The van der Waals surface area contributed by atoms with Crippen LogP contribution < -0.4 is 0 Å². The lowest BCUT2D eigenvalue weighted by atomic mass is 9.95. The predicted octanol–water partition coefficient (Wildman–Crippen LogP) is 2.72. The van der Waals surface area contributed by atoms with Crippen LogP contribution in [0.4, 0.5) is 0 Å². The van der Waals surface area contributed by atoms with Gasteiger partial charge in [0.15, 0.2) is 0 Å². The fourth-order valence-electron chi connectivity index (χ4n) is 3.95. The lowest BCUT2D eigenvalue weighted by Crippen LogP contribution is -2.39. The minimum atomic E-state index is 0.198. The number of likely N-dealkylation sites (tertiary alicyclic amines) is 1. The summed E-state index contributed by atoms with van der Waals surface area (Å²) in [6.07, 6.45) is 7.18. The van der Waals surface area contributed by atoms with Gasteiger partial charge in [0.25, 0.3) is 0 Å². The first-order valence-electron chi connectivity index (χ1n) is 9.31. The Bertz CT molecular complexity index is 744. The van der Waals surface area contributed by atoms with E-state index in [9.17, 15) is 4.79 Å². The summed E-state index contributed by atoms with van der Waals surface area (Å²) in [6.45, 7) is 4.66. The van der Waals surface area contributed by atoms with Crippen molar-refractivity contribution in [2.75, 3.05) is 13.1 Å². The topological polar surface area (TPSA) is 63.9 Å². The van der Waals surface area contributed by atoms with Crippen molar-refractivity contribution in [1.29, 1.82) is 0 Å². The number of carbonyl (C=O) groups is 1. The summed E-state index contributed by atoms with van der Waals surface area (Å²) in [4.78, 5) is 18.9. The third-order valence-corrected chi connectivity index (χ3v) is 6.17. The summed E-state index contributed by atoms with van der Waals surface area (Å²) >= 11 is 1.61. The van der Waals surface area contributed by atoms with E-state index in [1.165, 1.54) is 19.3 Å². The number of aryl methyl sites for hydroxylation is 2. The van der Waals surface area contributed by atoms with Crippen molar-refractivity contribution in [2.24, 2.45) is 0 Å². The standard InChI is InChI=1S/C18H25N5OS/c1-13-19-15(12-25-13)11-17(24)22-9-6-14(7-10-22)18-21-20-16-5-3-2-4-8-23(16)18/h12,14H,2-11H2,1H3. The number of carbonyl (C=O) groups excluding carboxylic acids is 1. The second-order valence-corrected chi connectivity index (χ2v) is 8.19. The van der Waals surface area contributed by atoms with Crippen molar-refractivity contribution in [3.8, 4) is 0 Å². The SMILES string of the molecule is Cc1nc(CC(=O)N2CCC(c3nnc4n3CCCCC4)CC2)cs1. The van der Waals surface area contributed by atoms with Crippen LogP contribution in [0.25, 0.3) is 0 Å². The maximum Gasteiger partial charge on any atom is 0.228 e. The fourth-order valence-corrected chi connectivity index (χ4v) is 4.57. The Morgan fingerprint density at radius 2 is 2.04 bits per heavy atom. The maximum atomic E-state index is 12.5. The molecule has 134 valence electrons. The fraction of sp³-hybridized carbons (Fsp3) is 0.667. The number of hydrogen-bond donors (Lipinski definition) is 0. The zero-order chi connectivity index (χ0) is 17.2. The largest absolute Gasteiger partial charge is 0.342 e. The number of hydrogen-bond acceptors (Lipinski definition) is 5. The number of piperidine rings is 1. The summed E-state index contributed by atoms with van der Waals surface area (Å²) in [5.41, 5.74) is 0.900. The molecule has 1 amide bonds. The van der Waals surface area contributed by atoms with Gasteiger partial charge in [-0.2, -0.15) is 0 Å². The molecule has 1 saturated heterocycles. The Morgan fingerprint density at radius 1 is 1.20 bits per heavy atom. The van der Waals surface area contributed by atoms with Gasteiger partial charge in [-0.05, 0) is 32.6 Å². The Morgan fingerprint density at radius 3 is 2.80 bits per heavy atom. The molecular formula is C18H25N5OS. The molecule has 2 aromatic heterocycles. The Hall–Kier alpha value is -1.76. The van der Waals surface area contributed by atoms with E-state index in [-0.39, 0.29) is 5.91 Å².